The molecule has 1 aromatic heterocycles. The first kappa shape index (κ1) is 12.7. The van der Waals surface area contributed by atoms with E-state index in [1.807, 2.05) is 24.3 Å². The van der Waals surface area contributed by atoms with Crippen LogP contribution in [0.5, 0.6) is 11.6 Å². The molecule has 92 valence electrons. The molecule has 1 heterocycles. The van der Waals surface area contributed by atoms with Gasteiger partial charge in [0.05, 0.1) is 3.57 Å². The van der Waals surface area contributed by atoms with Gasteiger partial charge in [0.15, 0.2) is 5.69 Å². The number of aromatic nitrogens is 2. The van der Waals surface area contributed by atoms with E-state index in [2.05, 4.69) is 38.1 Å². The van der Waals surface area contributed by atoms with Gasteiger partial charge in [0, 0.05) is 13.1 Å². The highest BCUT2D eigenvalue weighted by molar-refractivity contribution is 14.1. The average Bonchev–Trinajstić information content (AvgIpc) is 2.41. The van der Waals surface area contributed by atoms with Crippen LogP contribution < -0.4 is 10.1 Å². The Labute approximate surface area is 118 Å². The van der Waals surface area contributed by atoms with E-state index in [1.54, 1.807) is 19.2 Å². The van der Waals surface area contributed by atoms with Crippen LogP contribution in [0, 0.1) is 3.57 Å². The lowest BCUT2D eigenvalue weighted by Crippen LogP contribution is -2.19. The smallest absolute Gasteiger partial charge is 0.271 e. The third-order valence-corrected chi connectivity index (χ3v) is 3.04. The van der Waals surface area contributed by atoms with Gasteiger partial charge in [-0.3, -0.25) is 4.79 Å². The molecule has 0 aliphatic rings. The third-order valence-electron chi connectivity index (χ3n) is 2.15. The van der Waals surface area contributed by atoms with Crippen LogP contribution in [0.15, 0.2) is 36.4 Å². The van der Waals surface area contributed by atoms with Crippen molar-refractivity contribution >= 4 is 28.5 Å². The van der Waals surface area contributed by atoms with E-state index in [0.717, 1.165) is 3.57 Å². The average molecular weight is 355 g/mol. The predicted octanol–water partition coefficient (Wildman–Crippen LogP) is 2.23. The summed E-state index contributed by atoms with van der Waals surface area (Å²) in [6.07, 6.45) is 0. The van der Waals surface area contributed by atoms with Crippen molar-refractivity contribution in [2.75, 3.05) is 7.05 Å². The van der Waals surface area contributed by atoms with E-state index in [-0.39, 0.29) is 11.6 Å². The third kappa shape index (κ3) is 2.95. The van der Waals surface area contributed by atoms with Crippen LogP contribution >= 0.6 is 22.6 Å². The first-order chi connectivity index (χ1) is 8.70. The highest BCUT2D eigenvalue weighted by atomic mass is 127. The van der Waals surface area contributed by atoms with Gasteiger partial charge in [-0.05, 0) is 40.8 Å². The van der Waals surface area contributed by atoms with Crippen molar-refractivity contribution in [2.24, 2.45) is 0 Å². The lowest BCUT2D eigenvalue weighted by Gasteiger charge is -2.06. The maximum atomic E-state index is 11.3. The monoisotopic (exact) mass is 355 g/mol. The Hall–Kier alpha value is -1.70. The highest BCUT2D eigenvalue weighted by Gasteiger charge is 2.07. The van der Waals surface area contributed by atoms with Crippen LogP contribution in [0.2, 0.25) is 0 Å². The molecular formula is C12H10IN3O2. The maximum absolute atomic E-state index is 11.3. The van der Waals surface area contributed by atoms with Gasteiger partial charge in [-0.1, -0.05) is 12.1 Å². The number of benzene rings is 1. The normalized spacial score (nSPS) is 9.89. The van der Waals surface area contributed by atoms with Gasteiger partial charge in [-0.25, -0.2) is 0 Å². The number of rotatable bonds is 3. The predicted molar refractivity (Wildman–Crippen MR) is 74.7 cm³/mol. The molecular weight excluding hydrogens is 345 g/mol. The van der Waals surface area contributed by atoms with E-state index in [0.29, 0.717) is 11.6 Å². The summed E-state index contributed by atoms with van der Waals surface area (Å²) in [6.45, 7) is 0. The molecule has 2 aromatic rings. The Morgan fingerprint density at radius 3 is 2.61 bits per heavy atom. The molecule has 0 atom stereocenters. The second-order valence-corrected chi connectivity index (χ2v) is 4.53. The molecule has 0 saturated carbocycles. The molecule has 18 heavy (non-hydrogen) atoms. The Kier molecular flexibility index (Phi) is 4.08. The number of nitrogens with zero attached hydrogens (tertiary/aromatic N) is 2. The van der Waals surface area contributed by atoms with Crippen LogP contribution in [0.3, 0.4) is 0 Å². The standard InChI is InChI=1S/C12H10IN3O2/c1-14-12(17)9-6-7-11(16-15-9)18-10-5-3-2-4-8(10)13/h2-7H,1H3,(H,14,17). The summed E-state index contributed by atoms with van der Waals surface area (Å²) in [5, 5.41) is 10.1. The fourth-order valence-corrected chi connectivity index (χ4v) is 1.76. The first-order valence-corrected chi connectivity index (χ1v) is 6.27. The van der Waals surface area contributed by atoms with Crippen molar-refractivity contribution in [2.45, 2.75) is 0 Å². The number of halogens is 1. The minimum Gasteiger partial charge on any atom is -0.436 e. The molecule has 0 fully saturated rings. The van der Waals surface area contributed by atoms with Gasteiger partial charge in [0.1, 0.15) is 5.75 Å². The van der Waals surface area contributed by atoms with Crippen molar-refractivity contribution in [3.63, 3.8) is 0 Å². The second kappa shape index (κ2) is 5.76. The van der Waals surface area contributed by atoms with Crippen molar-refractivity contribution in [3.05, 3.63) is 45.7 Å². The Morgan fingerprint density at radius 2 is 2.00 bits per heavy atom. The lowest BCUT2D eigenvalue weighted by atomic mass is 10.3. The molecule has 0 saturated heterocycles. The number of carbonyl (C=O) groups is 1. The van der Waals surface area contributed by atoms with Crippen molar-refractivity contribution in [1.82, 2.24) is 15.5 Å². The fourth-order valence-electron chi connectivity index (χ4n) is 1.26. The number of carbonyl (C=O) groups excluding carboxylic acids is 1. The molecule has 1 N–H and O–H groups in total. The van der Waals surface area contributed by atoms with Crippen LogP contribution in [0.1, 0.15) is 10.5 Å². The van der Waals surface area contributed by atoms with E-state index >= 15 is 0 Å². The molecule has 0 aliphatic heterocycles. The summed E-state index contributed by atoms with van der Waals surface area (Å²) >= 11 is 2.17. The number of ether oxygens (including phenoxy) is 1. The molecule has 0 unspecified atom stereocenters. The van der Waals surface area contributed by atoms with Crippen LogP contribution in [0.25, 0.3) is 0 Å². The van der Waals surface area contributed by atoms with E-state index in [9.17, 15) is 4.79 Å². The number of amides is 1. The summed E-state index contributed by atoms with van der Waals surface area (Å²) < 4.78 is 6.54. The Morgan fingerprint density at radius 1 is 1.22 bits per heavy atom. The van der Waals surface area contributed by atoms with E-state index in [4.69, 9.17) is 4.74 Å². The van der Waals surface area contributed by atoms with Crippen molar-refractivity contribution in [1.29, 1.82) is 0 Å². The number of hydrogen-bond donors (Lipinski definition) is 1. The highest BCUT2D eigenvalue weighted by Crippen LogP contribution is 2.24. The summed E-state index contributed by atoms with van der Waals surface area (Å²) in [5.74, 6) is 0.787. The molecule has 1 amide bonds. The van der Waals surface area contributed by atoms with Gasteiger partial charge in [0.2, 0.25) is 5.88 Å². The topological polar surface area (TPSA) is 64.1 Å². The fraction of sp³-hybridized carbons (Fsp3) is 0.0833. The summed E-state index contributed by atoms with van der Waals surface area (Å²) in [5.41, 5.74) is 0.257. The minimum atomic E-state index is -0.275. The van der Waals surface area contributed by atoms with Gasteiger partial charge < -0.3 is 10.1 Å². The molecule has 6 heteroatoms. The van der Waals surface area contributed by atoms with Gasteiger partial charge in [0.25, 0.3) is 5.91 Å². The van der Waals surface area contributed by atoms with E-state index < -0.39 is 0 Å². The Balaban J connectivity index is 2.16. The summed E-state index contributed by atoms with van der Waals surface area (Å²) in [7, 11) is 1.54. The summed E-state index contributed by atoms with van der Waals surface area (Å²) in [4.78, 5) is 11.3. The number of para-hydroxylation sites is 1. The van der Waals surface area contributed by atoms with Crippen LogP contribution in [-0.4, -0.2) is 23.2 Å². The van der Waals surface area contributed by atoms with Gasteiger partial charge >= 0.3 is 0 Å². The minimum absolute atomic E-state index is 0.257. The lowest BCUT2D eigenvalue weighted by molar-refractivity contribution is 0.0957. The van der Waals surface area contributed by atoms with E-state index in [1.165, 1.54) is 0 Å². The molecule has 0 bridgehead atoms. The zero-order chi connectivity index (χ0) is 13.0. The Bertz CT molecular complexity index is 558. The quantitative estimate of drug-likeness (QED) is 0.858. The zero-order valence-electron chi connectivity index (χ0n) is 9.55. The summed E-state index contributed by atoms with van der Waals surface area (Å²) in [6, 6.07) is 10.8. The SMILES string of the molecule is CNC(=O)c1ccc(Oc2ccccc2I)nn1. The van der Waals surface area contributed by atoms with Crippen LogP contribution in [0.4, 0.5) is 0 Å². The van der Waals surface area contributed by atoms with Gasteiger partial charge in [-0.2, -0.15) is 0 Å². The molecule has 0 aliphatic carbocycles. The molecule has 0 spiro atoms. The van der Waals surface area contributed by atoms with Crippen molar-refractivity contribution in [3.8, 4) is 11.6 Å². The molecule has 1 aromatic carbocycles. The van der Waals surface area contributed by atoms with Gasteiger partial charge in [-0.15, -0.1) is 10.2 Å². The number of nitrogens with one attached hydrogen (secondary N) is 1. The molecule has 5 nitrogen and oxygen atoms in total. The largest absolute Gasteiger partial charge is 0.436 e. The van der Waals surface area contributed by atoms with Crippen molar-refractivity contribution < 1.29 is 9.53 Å². The molecule has 2 rings (SSSR count). The maximum Gasteiger partial charge on any atom is 0.271 e. The number of hydrogen-bond acceptors (Lipinski definition) is 4. The first-order valence-electron chi connectivity index (χ1n) is 5.19. The van der Waals surface area contributed by atoms with Crippen LogP contribution in [-0.2, 0) is 0 Å². The second-order valence-electron chi connectivity index (χ2n) is 3.37. The molecule has 0 radical (unpaired) electrons. The zero-order valence-corrected chi connectivity index (χ0v) is 11.7.